The number of aromatic amines is 1. The number of hydrogen-bond acceptors (Lipinski definition) is 1. The van der Waals surface area contributed by atoms with Gasteiger partial charge in [-0.1, -0.05) is 170 Å². The number of allylic oxidation sites excluding steroid dienone is 3. The predicted molar refractivity (Wildman–Crippen MR) is 236 cm³/mol. The summed E-state index contributed by atoms with van der Waals surface area (Å²) in [5, 5.41) is 5.15. The third-order valence-corrected chi connectivity index (χ3v) is 12.2. The zero-order valence-corrected chi connectivity index (χ0v) is 31.1. The monoisotopic (exact) mass is 716 g/mol. The molecule has 8 aromatic carbocycles. The Kier molecular flexibility index (Phi) is 7.63. The molecule has 2 heteroatoms. The van der Waals surface area contributed by atoms with Gasteiger partial charge in [0.05, 0.1) is 5.41 Å². The van der Waals surface area contributed by atoms with Crippen LogP contribution < -0.4 is 4.90 Å². The summed E-state index contributed by atoms with van der Waals surface area (Å²) in [5.74, 6) is 0.448. The molecule has 1 N–H and O–H groups in total. The van der Waals surface area contributed by atoms with Gasteiger partial charge in [0.15, 0.2) is 0 Å². The van der Waals surface area contributed by atoms with Crippen molar-refractivity contribution < 1.29 is 0 Å². The average Bonchev–Trinajstić information content (AvgIpc) is 3.90. The lowest BCUT2D eigenvalue weighted by molar-refractivity contribution is 0.656. The Morgan fingerprint density at radius 1 is 0.464 bits per heavy atom. The summed E-state index contributed by atoms with van der Waals surface area (Å²) in [5.41, 5.74) is 15.5. The van der Waals surface area contributed by atoms with Gasteiger partial charge in [0.25, 0.3) is 0 Å². The first-order chi connectivity index (χ1) is 27.8. The van der Waals surface area contributed by atoms with Crippen LogP contribution in [0, 0.1) is 5.92 Å². The van der Waals surface area contributed by atoms with Crippen LogP contribution in [-0.2, 0) is 5.41 Å². The van der Waals surface area contributed by atoms with E-state index in [1.54, 1.807) is 0 Å². The highest BCUT2D eigenvalue weighted by Crippen LogP contribution is 2.63. The molecule has 12 rings (SSSR count). The van der Waals surface area contributed by atoms with Gasteiger partial charge in [-0.3, -0.25) is 0 Å². The van der Waals surface area contributed by atoms with Crippen LogP contribution in [-0.4, -0.2) is 11.5 Å². The van der Waals surface area contributed by atoms with Crippen LogP contribution in [0.4, 0.5) is 11.4 Å². The molecule has 1 atom stereocenters. The van der Waals surface area contributed by atoms with Gasteiger partial charge in [0.2, 0.25) is 0 Å². The number of rotatable bonds is 4. The quantitative estimate of drug-likeness (QED) is 0.192. The van der Waals surface area contributed by atoms with Crippen LogP contribution in [0.3, 0.4) is 0 Å². The maximum atomic E-state index is 3.38. The van der Waals surface area contributed by atoms with Crippen molar-refractivity contribution in [2.45, 2.75) is 11.8 Å². The van der Waals surface area contributed by atoms with Gasteiger partial charge in [-0.2, -0.15) is 0 Å². The second kappa shape index (κ2) is 13.1. The summed E-state index contributed by atoms with van der Waals surface area (Å²) in [4.78, 5) is 5.92. The third kappa shape index (κ3) is 5.03. The van der Waals surface area contributed by atoms with Gasteiger partial charge in [0, 0.05) is 39.7 Å². The highest BCUT2D eigenvalue weighted by molar-refractivity contribution is 6.07. The molecule has 3 aliphatic rings. The molecule has 0 amide bonds. The Morgan fingerprint density at radius 3 is 1.61 bits per heavy atom. The topological polar surface area (TPSA) is 19.0 Å². The highest BCUT2D eigenvalue weighted by Gasteiger charge is 2.51. The van der Waals surface area contributed by atoms with Gasteiger partial charge >= 0.3 is 0 Å². The number of aromatic nitrogens is 1. The Labute approximate surface area is 327 Å². The van der Waals surface area contributed by atoms with E-state index in [2.05, 4.69) is 216 Å². The highest BCUT2D eigenvalue weighted by atomic mass is 15.1. The Bertz CT molecular complexity index is 2900. The van der Waals surface area contributed by atoms with Crippen LogP contribution in [0.5, 0.6) is 0 Å². The smallest absolute Gasteiger partial charge is 0.0726 e. The van der Waals surface area contributed by atoms with Crippen molar-refractivity contribution >= 4 is 44.0 Å². The number of nitrogens with one attached hydrogen (secondary N) is 1. The maximum absolute atomic E-state index is 3.38. The third-order valence-electron chi connectivity index (χ3n) is 12.2. The summed E-state index contributed by atoms with van der Waals surface area (Å²) in [6.07, 6.45) is 10.1. The number of nitrogens with zero attached hydrogens (tertiary/aromatic N) is 1. The summed E-state index contributed by atoms with van der Waals surface area (Å²) >= 11 is 0. The van der Waals surface area contributed by atoms with Crippen molar-refractivity contribution in [2.75, 3.05) is 11.4 Å². The normalized spacial score (nSPS) is 15.3. The molecular formula is C54H40N2. The number of fused-ring (bicyclic) bond motifs is 14. The van der Waals surface area contributed by atoms with Gasteiger partial charge in [-0.25, -0.2) is 0 Å². The molecule has 1 heterocycles. The second-order valence-electron chi connectivity index (χ2n) is 15.3. The van der Waals surface area contributed by atoms with Crippen LogP contribution in [0.1, 0.15) is 28.7 Å². The van der Waals surface area contributed by atoms with E-state index < -0.39 is 0 Å². The fraction of sp³-hybridized carbons (Fsp3) is 0.0741. The summed E-state index contributed by atoms with van der Waals surface area (Å²) in [6, 6.07) is 66.7. The zero-order valence-electron chi connectivity index (χ0n) is 31.1. The van der Waals surface area contributed by atoms with Crippen LogP contribution in [0.25, 0.3) is 54.8 Å². The minimum atomic E-state index is -0.336. The summed E-state index contributed by atoms with van der Waals surface area (Å²) in [6.45, 7) is 0.922. The molecule has 266 valence electrons. The van der Waals surface area contributed by atoms with Crippen molar-refractivity contribution in [2.24, 2.45) is 5.92 Å². The van der Waals surface area contributed by atoms with Gasteiger partial charge in [0.1, 0.15) is 0 Å². The number of benzene rings is 8. The zero-order chi connectivity index (χ0) is 37.1. The molecule has 56 heavy (non-hydrogen) atoms. The largest absolute Gasteiger partial charge is 0.355 e. The number of H-pyrrole nitrogens is 1. The number of hydrogen-bond donors (Lipinski definition) is 1. The lowest BCUT2D eigenvalue weighted by Gasteiger charge is -2.33. The van der Waals surface area contributed by atoms with Crippen molar-refractivity contribution in [1.82, 2.24) is 4.98 Å². The van der Waals surface area contributed by atoms with E-state index >= 15 is 0 Å². The Hall–Kier alpha value is -6.90. The second-order valence-corrected chi connectivity index (χ2v) is 15.3. The molecule has 0 radical (unpaired) electrons. The Morgan fingerprint density at radius 2 is 0.982 bits per heavy atom. The van der Waals surface area contributed by atoms with E-state index in [9.17, 15) is 0 Å². The number of anilines is 2. The van der Waals surface area contributed by atoms with E-state index in [-0.39, 0.29) is 5.41 Å². The van der Waals surface area contributed by atoms with E-state index in [4.69, 9.17) is 0 Å². The molecule has 9 aromatic rings. The standard InChI is InChI=1S/C42H31N.C12H9N/c1-2-12-29(13-3-1)28-43(32-23-22-30-14-4-5-15-31(30)26-32)33-24-25-37-36-18-8-11-21-40(36)42(41(37)27-33)38-19-9-6-16-34(38)35-17-7-10-20-39(35)42;1-3-7-11-9(5-1)10-6-2-4-8-12(10)13-11/h1-12,14-27,29H,13,28H2;1-8,13H. The van der Waals surface area contributed by atoms with Crippen molar-refractivity contribution in [1.29, 1.82) is 0 Å². The first-order valence-corrected chi connectivity index (χ1v) is 19.8. The summed E-state index contributed by atoms with van der Waals surface area (Å²) in [7, 11) is 0. The lowest BCUT2D eigenvalue weighted by atomic mass is 9.70. The van der Waals surface area contributed by atoms with Crippen molar-refractivity contribution in [3.63, 3.8) is 0 Å². The molecule has 3 aliphatic carbocycles. The molecule has 0 fully saturated rings. The fourth-order valence-electron chi connectivity index (χ4n) is 9.76. The molecule has 0 aliphatic heterocycles. The van der Waals surface area contributed by atoms with Gasteiger partial charge < -0.3 is 9.88 Å². The lowest BCUT2D eigenvalue weighted by Crippen LogP contribution is -2.27. The molecular weight excluding hydrogens is 677 g/mol. The molecule has 2 nitrogen and oxygen atoms in total. The first kappa shape index (κ1) is 32.5. The van der Waals surface area contributed by atoms with Crippen molar-refractivity contribution in [3.05, 3.63) is 229 Å². The SMILES string of the molecule is C1=CCC(CN(c2ccc3c(c2)C2(c4ccccc4-c4ccccc42)c2ccccc2-3)c2ccc3ccccc3c2)C=C1.c1ccc2c(c1)[nH]c1ccccc12. The first-order valence-electron chi connectivity index (χ1n) is 19.8. The van der Waals surface area contributed by atoms with Crippen LogP contribution in [0.15, 0.2) is 206 Å². The molecule has 0 saturated carbocycles. The Balaban J connectivity index is 0.000000235. The van der Waals surface area contributed by atoms with Crippen molar-refractivity contribution in [3.8, 4) is 22.3 Å². The predicted octanol–water partition coefficient (Wildman–Crippen LogP) is 13.8. The minimum absolute atomic E-state index is 0.336. The maximum Gasteiger partial charge on any atom is 0.0726 e. The van der Waals surface area contributed by atoms with Gasteiger partial charge in [-0.05, 0) is 104 Å². The molecule has 1 spiro atoms. The fourth-order valence-corrected chi connectivity index (χ4v) is 9.76. The van der Waals surface area contributed by atoms with E-state index in [0.29, 0.717) is 5.92 Å². The molecule has 0 bridgehead atoms. The van der Waals surface area contributed by atoms with E-state index in [1.807, 2.05) is 0 Å². The van der Waals surface area contributed by atoms with Crippen LogP contribution >= 0.6 is 0 Å². The van der Waals surface area contributed by atoms with E-state index in [0.717, 1.165) is 13.0 Å². The van der Waals surface area contributed by atoms with Crippen LogP contribution in [0.2, 0.25) is 0 Å². The molecule has 1 unspecified atom stereocenters. The number of para-hydroxylation sites is 2. The summed E-state index contributed by atoms with van der Waals surface area (Å²) < 4.78 is 0. The van der Waals surface area contributed by atoms with E-state index in [1.165, 1.54) is 88.5 Å². The van der Waals surface area contributed by atoms with Gasteiger partial charge in [-0.15, -0.1) is 0 Å². The molecule has 0 saturated heterocycles. The average molecular weight is 717 g/mol. The molecule has 1 aromatic heterocycles. The minimum Gasteiger partial charge on any atom is -0.355 e.